The van der Waals surface area contributed by atoms with Gasteiger partial charge in [0.25, 0.3) is 5.91 Å². The first-order chi connectivity index (χ1) is 13.0. The number of nitrogens with one attached hydrogen (secondary N) is 2. The fourth-order valence-electron chi connectivity index (χ4n) is 3.24. The number of hydrogen-bond acceptors (Lipinski definition) is 4. The fourth-order valence-corrected chi connectivity index (χ4v) is 3.24. The Hall–Kier alpha value is -3.61. The van der Waals surface area contributed by atoms with E-state index in [2.05, 4.69) is 10.6 Å². The second kappa shape index (κ2) is 6.28. The average Bonchev–Trinajstić information content (AvgIpc) is 3.27. The van der Waals surface area contributed by atoms with Gasteiger partial charge in [0.15, 0.2) is 5.54 Å². The first kappa shape index (κ1) is 16.8. The molecule has 0 bridgehead atoms. The number of nitrogens with zero attached hydrogens (tertiary/aromatic N) is 1. The van der Waals surface area contributed by atoms with Gasteiger partial charge in [-0.2, -0.15) is 0 Å². The molecule has 2 N–H and O–H groups in total. The van der Waals surface area contributed by atoms with Crippen molar-refractivity contribution in [3.8, 4) is 0 Å². The van der Waals surface area contributed by atoms with E-state index in [1.807, 2.05) is 36.4 Å². The van der Waals surface area contributed by atoms with E-state index in [1.54, 1.807) is 25.1 Å². The lowest BCUT2D eigenvalue weighted by Gasteiger charge is -2.19. The van der Waals surface area contributed by atoms with E-state index in [1.165, 1.54) is 6.26 Å². The molecular weight excluding hydrogens is 346 g/mol. The Morgan fingerprint density at radius 1 is 1.11 bits per heavy atom. The number of urea groups is 1. The lowest BCUT2D eigenvalue weighted by Crippen LogP contribution is -2.41. The van der Waals surface area contributed by atoms with Crippen LogP contribution in [0.15, 0.2) is 65.3 Å². The van der Waals surface area contributed by atoms with E-state index < -0.39 is 23.4 Å². The van der Waals surface area contributed by atoms with Crippen molar-refractivity contribution < 1.29 is 18.8 Å². The quantitative estimate of drug-likeness (QED) is 0.697. The second-order valence-electron chi connectivity index (χ2n) is 6.50. The first-order valence-corrected chi connectivity index (χ1v) is 8.45. The molecule has 136 valence electrons. The number of carbonyl (C=O) groups excluding carboxylic acids is 3. The number of anilines is 1. The average molecular weight is 363 g/mol. The number of imide groups is 1. The van der Waals surface area contributed by atoms with E-state index in [9.17, 15) is 14.4 Å². The zero-order chi connectivity index (χ0) is 19.0. The molecule has 7 heteroatoms. The molecule has 2 heterocycles. The zero-order valence-electron chi connectivity index (χ0n) is 14.6. The zero-order valence-corrected chi connectivity index (χ0v) is 14.6. The van der Waals surface area contributed by atoms with Crippen LogP contribution in [-0.2, 0) is 15.1 Å². The summed E-state index contributed by atoms with van der Waals surface area (Å²) >= 11 is 0. The molecule has 4 amide bonds. The molecule has 2 aromatic carbocycles. The summed E-state index contributed by atoms with van der Waals surface area (Å²) in [6.07, 6.45) is 1.43. The number of fused-ring (bicyclic) bond motifs is 1. The van der Waals surface area contributed by atoms with Gasteiger partial charge in [-0.3, -0.25) is 14.5 Å². The monoisotopic (exact) mass is 363 g/mol. The van der Waals surface area contributed by atoms with Crippen molar-refractivity contribution in [1.82, 2.24) is 10.2 Å². The number of benzene rings is 2. The molecule has 7 nitrogen and oxygen atoms in total. The second-order valence-corrected chi connectivity index (χ2v) is 6.50. The molecule has 0 spiro atoms. The Bertz CT molecular complexity index is 1040. The van der Waals surface area contributed by atoms with E-state index in [0.717, 1.165) is 15.7 Å². The largest absolute Gasteiger partial charge is 0.466 e. The molecule has 0 radical (unpaired) electrons. The van der Waals surface area contributed by atoms with Gasteiger partial charge in [-0.25, -0.2) is 4.79 Å². The SMILES string of the molecule is C[C@]1(c2ccco2)NC(=O)N(CC(=O)Nc2cccc3ccccc23)C1=O. The van der Waals surface area contributed by atoms with Crippen molar-refractivity contribution >= 4 is 34.3 Å². The lowest BCUT2D eigenvalue weighted by atomic mass is 9.99. The molecule has 1 saturated heterocycles. The van der Waals surface area contributed by atoms with Crippen molar-refractivity contribution in [3.63, 3.8) is 0 Å². The summed E-state index contributed by atoms with van der Waals surface area (Å²) in [7, 11) is 0. The molecule has 1 aliphatic heterocycles. The van der Waals surface area contributed by atoms with Crippen molar-refractivity contribution in [1.29, 1.82) is 0 Å². The number of carbonyl (C=O) groups is 3. The molecule has 27 heavy (non-hydrogen) atoms. The molecule has 1 fully saturated rings. The highest BCUT2D eigenvalue weighted by atomic mass is 16.3. The van der Waals surface area contributed by atoms with Crippen LogP contribution >= 0.6 is 0 Å². The van der Waals surface area contributed by atoms with E-state index in [0.29, 0.717) is 11.4 Å². The van der Waals surface area contributed by atoms with Crippen LogP contribution in [0, 0.1) is 0 Å². The van der Waals surface area contributed by atoms with Gasteiger partial charge in [0, 0.05) is 11.1 Å². The van der Waals surface area contributed by atoms with Crippen LogP contribution in [0.3, 0.4) is 0 Å². The van der Waals surface area contributed by atoms with Crippen LogP contribution in [0.2, 0.25) is 0 Å². The van der Waals surface area contributed by atoms with Gasteiger partial charge >= 0.3 is 6.03 Å². The lowest BCUT2D eigenvalue weighted by molar-refractivity contribution is -0.134. The predicted octanol–water partition coefficient (Wildman–Crippen LogP) is 2.84. The Morgan fingerprint density at radius 3 is 2.67 bits per heavy atom. The molecule has 0 unspecified atom stereocenters. The van der Waals surface area contributed by atoms with Gasteiger partial charge in [-0.15, -0.1) is 0 Å². The van der Waals surface area contributed by atoms with Crippen LogP contribution in [0.25, 0.3) is 10.8 Å². The summed E-state index contributed by atoms with van der Waals surface area (Å²) in [6, 6.07) is 15.8. The molecule has 1 aromatic heterocycles. The third-order valence-corrected chi connectivity index (χ3v) is 4.65. The maximum absolute atomic E-state index is 12.7. The molecule has 0 saturated carbocycles. The maximum atomic E-state index is 12.7. The van der Waals surface area contributed by atoms with Crippen LogP contribution in [0.5, 0.6) is 0 Å². The summed E-state index contributed by atoms with van der Waals surface area (Å²) in [5.41, 5.74) is -0.695. The summed E-state index contributed by atoms with van der Waals surface area (Å²) in [5.74, 6) is -0.674. The maximum Gasteiger partial charge on any atom is 0.325 e. The Balaban J connectivity index is 1.53. The minimum atomic E-state index is -1.32. The van der Waals surface area contributed by atoms with Crippen LogP contribution < -0.4 is 10.6 Å². The minimum absolute atomic E-state index is 0.317. The molecule has 0 aliphatic carbocycles. The Labute approximate surface area is 154 Å². The smallest absolute Gasteiger partial charge is 0.325 e. The third kappa shape index (κ3) is 2.83. The summed E-state index contributed by atoms with van der Waals surface area (Å²) in [6.45, 7) is 1.17. The van der Waals surface area contributed by atoms with Gasteiger partial charge in [-0.05, 0) is 30.5 Å². The minimum Gasteiger partial charge on any atom is -0.466 e. The highest BCUT2D eigenvalue weighted by molar-refractivity contribution is 6.11. The topological polar surface area (TPSA) is 91.7 Å². The van der Waals surface area contributed by atoms with Gasteiger partial charge in [0.2, 0.25) is 5.91 Å². The van der Waals surface area contributed by atoms with Crippen LogP contribution in [-0.4, -0.2) is 29.3 Å². The highest BCUT2D eigenvalue weighted by Gasteiger charge is 2.51. The fraction of sp³-hybridized carbons (Fsp3) is 0.150. The van der Waals surface area contributed by atoms with E-state index in [-0.39, 0.29) is 6.54 Å². The van der Waals surface area contributed by atoms with E-state index in [4.69, 9.17) is 4.42 Å². The van der Waals surface area contributed by atoms with Gasteiger partial charge < -0.3 is 15.1 Å². The number of amides is 4. The van der Waals surface area contributed by atoms with Gasteiger partial charge in [0.1, 0.15) is 12.3 Å². The van der Waals surface area contributed by atoms with E-state index >= 15 is 0 Å². The predicted molar refractivity (Wildman–Crippen MR) is 98.9 cm³/mol. The summed E-state index contributed by atoms with van der Waals surface area (Å²) in [5, 5.41) is 7.24. The van der Waals surface area contributed by atoms with Crippen LogP contribution in [0.4, 0.5) is 10.5 Å². The molecule has 1 aliphatic rings. The highest BCUT2D eigenvalue weighted by Crippen LogP contribution is 2.29. The molecular formula is C20H17N3O4. The molecule has 1 atom stereocenters. The molecule has 4 rings (SSSR count). The van der Waals surface area contributed by atoms with Crippen LogP contribution in [0.1, 0.15) is 12.7 Å². The number of hydrogen-bond donors (Lipinski definition) is 2. The van der Waals surface area contributed by atoms with Crippen molar-refractivity contribution in [2.45, 2.75) is 12.5 Å². The number of rotatable bonds is 4. The number of furan rings is 1. The van der Waals surface area contributed by atoms with Crippen molar-refractivity contribution in [3.05, 3.63) is 66.6 Å². The molecule has 3 aromatic rings. The third-order valence-electron chi connectivity index (χ3n) is 4.65. The van der Waals surface area contributed by atoms with Crippen molar-refractivity contribution in [2.75, 3.05) is 11.9 Å². The first-order valence-electron chi connectivity index (χ1n) is 8.45. The van der Waals surface area contributed by atoms with Gasteiger partial charge in [0.05, 0.1) is 6.26 Å². The Kier molecular flexibility index (Phi) is 3.92. The van der Waals surface area contributed by atoms with Gasteiger partial charge in [-0.1, -0.05) is 36.4 Å². The summed E-state index contributed by atoms with van der Waals surface area (Å²) in [4.78, 5) is 38.4. The summed E-state index contributed by atoms with van der Waals surface area (Å²) < 4.78 is 5.27. The van der Waals surface area contributed by atoms with Crippen molar-refractivity contribution in [2.24, 2.45) is 0 Å². The normalized spacial score (nSPS) is 19.4. The standard InChI is InChI=1S/C20H17N3O4/c1-20(16-10-5-11-27-16)18(25)23(19(26)22-20)12-17(24)21-15-9-4-7-13-6-2-3-8-14(13)15/h2-11H,12H2,1H3,(H,21,24)(H,22,26)/t20-/m1/s1. The Morgan fingerprint density at radius 2 is 1.89 bits per heavy atom.